The number of aryl methyl sites for hydroxylation is 1. The lowest BCUT2D eigenvalue weighted by Gasteiger charge is -2.29. The number of carbonyl (C=O) groups excluding carboxylic acids is 1. The van der Waals surface area contributed by atoms with E-state index in [-0.39, 0.29) is 18.6 Å². The van der Waals surface area contributed by atoms with Gasteiger partial charge in [0.1, 0.15) is 23.4 Å². The fourth-order valence-corrected chi connectivity index (χ4v) is 4.23. The van der Waals surface area contributed by atoms with Gasteiger partial charge in [-0.1, -0.05) is 29.8 Å². The molecule has 0 aromatic heterocycles. The zero-order valence-corrected chi connectivity index (χ0v) is 22.2. The molecule has 0 spiro atoms. The second kappa shape index (κ2) is 12.2. The third-order valence-corrected chi connectivity index (χ3v) is 6.20. The van der Waals surface area contributed by atoms with Crippen molar-refractivity contribution in [2.45, 2.75) is 25.9 Å². The summed E-state index contributed by atoms with van der Waals surface area (Å²) < 4.78 is 34.1. The topological polar surface area (TPSA) is 96.8 Å². The van der Waals surface area contributed by atoms with Gasteiger partial charge in [0.2, 0.25) is 5.75 Å². The average Bonchev–Trinajstić information content (AvgIpc) is 2.95. The number of nitrogens with zero attached hydrogens (tertiary/aromatic N) is 1. The fourth-order valence-electron chi connectivity index (χ4n) is 4.23. The Morgan fingerprint density at radius 3 is 2.29 bits per heavy atom. The highest BCUT2D eigenvalue weighted by Crippen LogP contribution is 2.45. The van der Waals surface area contributed by atoms with Gasteiger partial charge in [-0.15, -0.1) is 0 Å². The van der Waals surface area contributed by atoms with Gasteiger partial charge in [0.05, 0.1) is 34.7 Å². The SMILES string of the molecule is COc1cc(OCC(=O)N/N=C/c2ccc(C)cc2)cc2c1CCC(c1cc(OC)c(OC)c(OC)c1)O2. The number of hydrogen-bond donors (Lipinski definition) is 1. The molecule has 9 nitrogen and oxygen atoms in total. The zero-order chi connectivity index (χ0) is 27.1. The lowest BCUT2D eigenvalue weighted by atomic mass is 9.96. The van der Waals surface area contributed by atoms with E-state index >= 15 is 0 Å². The number of methoxy groups -OCH3 is 4. The molecule has 0 radical (unpaired) electrons. The maximum Gasteiger partial charge on any atom is 0.277 e. The van der Waals surface area contributed by atoms with Crippen LogP contribution in [0.1, 0.15) is 34.8 Å². The molecule has 9 heteroatoms. The third-order valence-electron chi connectivity index (χ3n) is 6.20. The van der Waals surface area contributed by atoms with Crippen LogP contribution in [-0.4, -0.2) is 47.2 Å². The molecule has 0 aliphatic carbocycles. The maximum absolute atomic E-state index is 12.3. The zero-order valence-electron chi connectivity index (χ0n) is 22.2. The first-order valence-electron chi connectivity index (χ1n) is 12.1. The van der Waals surface area contributed by atoms with Crippen molar-refractivity contribution < 1.29 is 33.2 Å². The molecule has 3 aromatic carbocycles. The van der Waals surface area contributed by atoms with Crippen molar-refractivity contribution in [1.29, 1.82) is 0 Å². The van der Waals surface area contributed by atoms with Crippen molar-refractivity contribution in [3.05, 3.63) is 70.8 Å². The number of hydrogen-bond acceptors (Lipinski definition) is 8. The molecular weight excluding hydrogens is 488 g/mol. The van der Waals surface area contributed by atoms with Crippen LogP contribution in [0.4, 0.5) is 0 Å². The van der Waals surface area contributed by atoms with Crippen LogP contribution >= 0.6 is 0 Å². The van der Waals surface area contributed by atoms with E-state index in [1.807, 2.05) is 43.3 Å². The Kier molecular flexibility index (Phi) is 8.58. The molecule has 1 heterocycles. The van der Waals surface area contributed by atoms with Gasteiger partial charge in [-0.3, -0.25) is 4.79 Å². The van der Waals surface area contributed by atoms with Gasteiger partial charge in [-0.2, -0.15) is 5.10 Å². The van der Waals surface area contributed by atoms with Gasteiger partial charge in [-0.05, 0) is 43.0 Å². The smallest absolute Gasteiger partial charge is 0.277 e. The fraction of sp³-hybridized carbons (Fsp3) is 0.310. The first kappa shape index (κ1) is 26.7. The van der Waals surface area contributed by atoms with Gasteiger partial charge in [-0.25, -0.2) is 5.43 Å². The van der Waals surface area contributed by atoms with Gasteiger partial charge >= 0.3 is 0 Å². The molecule has 0 saturated carbocycles. The van der Waals surface area contributed by atoms with Crippen LogP contribution in [0.2, 0.25) is 0 Å². The van der Waals surface area contributed by atoms with Crippen molar-refractivity contribution >= 4 is 12.1 Å². The minimum atomic E-state index is -0.388. The number of ether oxygens (including phenoxy) is 6. The van der Waals surface area contributed by atoms with Crippen molar-refractivity contribution in [3.63, 3.8) is 0 Å². The minimum Gasteiger partial charge on any atom is -0.496 e. The molecule has 4 rings (SSSR count). The summed E-state index contributed by atoms with van der Waals surface area (Å²) in [7, 11) is 6.32. The monoisotopic (exact) mass is 520 g/mol. The van der Waals surface area contributed by atoms with Crippen LogP contribution in [0.3, 0.4) is 0 Å². The van der Waals surface area contributed by atoms with E-state index in [2.05, 4.69) is 10.5 Å². The predicted molar refractivity (Wildman–Crippen MR) is 143 cm³/mol. The maximum atomic E-state index is 12.3. The van der Waals surface area contributed by atoms with E-state index in [0.29, 0.717) is 34.5 Å². The van der Waals surface area contributed by atoms with E-state index in [9.17, 15) is 4.79 Å². The normalized spacial score (nSPS) is 14.3. The molecule has 0 fully saturated rings. The summed E-state index contributed by atoms with van der Waals surface area (Å²) in [6.07, 6.45) is 2.78. The molecular formula is C29H32N2O7. The summed E-state index contributed by atoms with van der Waals surface area (Å²) in [5.41, 5.74) is 6.34. The second-order valence-electron chi connectivity index (χ2n) is 8.70. The standard InChI is InChI=1S/C29H32N2O7/c1-18-6-8-19(9-7-18)16-30-31-28(32)17-37-21-14-24(33-2)22-10-11-23(38-25(22)15-21)20-12-26(34-3)29(36-5)27(13-20)35-4/h6-9,12-16,23H,10-11,17H2,1-5H3,(H,31,32)/b30-16+. The minimum absolute atomic E-state index is 0.219. The molecule has 1 N–H and O–H groups in total. The highest BCUT2D eigenvalue weighted by Gasteiger charge is 2.27. The largest absolute Gasteiger partial charge is 0.496 e. The molecule has 3 aromatic rings. The summed E-state index contributed by atoms with van der Waals surface area (Å²) in [5, 5.41) is 3.99. The quantitative estimate of drug-likeness (QED) is 0.308. The Morgan fingerprint density at radius 1 is 0.974 bits per heavy atom. The highest BCUT2D eigenvalue weighted by molar-refractivity contribution is 5.83. The second-order valence-corrected chi connectivity index (χ2v) is 8.70. The molecule has 1 amide bonds. The van der Waals surface area contributed by atoms with Gasteiger partial charge in [0, 0.05) is 17.7 Å². The summed E-state index contributed by atoms with van der Waals surface area (Å²) in [5.74, 6) is 2.96. The highest BCUT2D eigenvalue weighted by atomic mass is 16.5. The number of carbonyl (C=O) groups is 1. The Bertz CT molecular complexity index is 1280. The van der Waals surface area contributed by atoms with Crippen LogP contribution in [0.15, 0.2) is 53.6 Å². The lowest BCUT2D eigenvalue weighted by Crippen LogP contribution is -2.24. The van der Waals surface area contributed by atoms with Crippen LogP contribution in [0.5, 0.6) is 34.5 Å². The molecule has 38 heavy (non-hydrogen) atoms. The van der Waals surface area contributed by atoms with Crippen molar-refractivity contribution in [1.82, 2.24) is 5.43 Å². The molecule has 1 aliphatic rings. The van der Waals surface area contributed by atoms with Crippen LogP contribution in [-0.2, 0) is 11.2 Å². The van der Waals surface area contributed by atoms with Crippen molar-refractivity contribution in [2.75, 3.05) is 35.0 Å². The summed E-state index contributed by atoms with van der Waals surface area (Å²) in [6.45, 7) is 1.79. The molecule has 0 saturated heterocycles. The van der Waals surface area contributed by atoms with E-state index in [4.69, 9.17) is 28.4 Å². The number of hydrazone groups is 1. The van der Waals surface area contributed by atoms with E-state index < -0.39 is 0 Å². The molecule has 1 unspecified atom stereocenters. The number of benzene rings is 3. The van der Waals surface area contributed by atoms with E-state index in [1.165, 1.54) is 0 Å². The molecule has 1 aliphatic heterocycles. The Balaban J connectivity index is 1.45. The summed E-state index contributed by atoms with van der Waals surface area (Å²) in [4.78, 5) is 12.3. The van der Waals surface area contributed by atoms with Crippen LogP contribution < -0.4 is 33.8 Å². The van der Waals surface area contributed by atoms with Crippen LogP contribution in [0, 0.1) is 6.92 Å². The Hall–Kier alpha value is -4.40. The van der Waals surface area contributed by atoms with E-state index in [0.717, 1.165) is 35.1 Å². The number of fused-ring (bicyclic) bond motifs is 1. The van der Waals surface area contributed by atoms with Gasteiger partial charge < -0.3 is 28.4 Å². The van der Waals surface area contributed by atoms with E-state index in [1.54, 1.807) is 46.8 Å². The van der Waals surface area contributed by atoms with Gasteiger partial charge in [0.15, 0.2) is 18.1 Å². The average molecular weight is 521 g/mol. The third kappa shape index (κ3) is 6.11. The number of rotatable bonds is 10. The first-order chi connectivity index (χ1) is 18.4. The molecule has 1 atom stereocenters. The van der Waals surface area contributed by atoms with Crippen molar-refractivity contribution in [3.8, 4) is 34.5 Å². The molecule has 200 valence electrons. The summed E-state index contributed by atoms with van der Waals surface area (Å²) >= 11 is 0. The Labute approximate surface area is 222 Å². The van der Waals surface area contributed by atoms with Crippen molar-refractivity contribution in [2.24, 2.45) is 5.10 Å². The molecule has 0 bridgehead atoms. The predicted octanol–water partition coefficient (Wildman–Crippen LogP) is 4.62. The van der Waals surface area contributed by atoms with Gasteiger partial charge in [0.25, 0.3) is 5.91 Å². The number of amides is 1. The first-order valence-corrected chi connectivity index (χ1v) is 12.1. The summed E-state index contributed by atoms with van der Waals surface area (Å²) in [6, 6.07) is 15.1. The van der Waals surface area contributed by atoms with Crippen LogP contribution in [0.25, 0.3) is 0 Å². The number of nitrogens with one attached hydrogen (secondary N) is 1. The lowest BCUT2D eigenvalue weighted by molar-refractivity contribution is -0.123. The Morgan fingerprint density at radius 2 is 1.66 bits per heavy atom.